The Morgan fingerprint density at radius 3 is 2.88 bits per heavy atom. The molecular formula is C12H24N4. The van der Waals surface area contributed by atoms with Crippen LogP contribution in [-0.4, -0.2) is 40.6 Å². The summed E-state index contributed by atoms with van der Waals surface area (Å²) in [7, 11) is 2.14. The fraction of sp³-hybridized carbons (Fsp3) is 0.750. The summed E-state index contributed by atoms with van der Waals surface area (Å²) in [4.78, 5) is 6.63. The second kappa shape index (κ2) is 6.53. The molecule has 0 atom stereocenters. The molecule has 1 rings (SSSR count). The van der Waals surface area contributed by atoms with Crippen LogP contribution in [-0.2, 0) is 6.54 Å². The van der Waals surface area contributed by atoms with Crippen LogP contribution in [0.2, 0.25) is 0 Å². The molecule has 1 aromatic heterocycles. The molecule has 4 nitrogen and oxygen atoms in total. The van der Waals surface area contributed by atoms with Gasteiger partial charge < -0.3 is 14.8 Å². The van der Waals surface area contributed by atoms with E-state index in [0.29, 0.717) is 6.04 Å². The molecule has 1 heterocycles. The molecule has 0 unspecified atom stereocenters. The number of aryl methyl sites for hydroxylation is 1. The summed E-state index contributed by atoms with van der Waals surface area (Å²) >= 11 is 0. The van der Waals surface area contributed by atoms with Crippen LogP contribution in [0.25, 0.3) is 0 Å². The van der Waals surface area contributed by atoms with Crippen molar-refractivity contribution in [2.75, 3.05) is 25.5 Å². The zero-order valence-corrected chi connectivity index (χ0v) is 10.9. The molecule has 1 aromatic rings. The van der Waals surface area contributed by atoms with Crippen molar-refractivity contribution in [3.63, 3.8) is 0 Å². The minimum Gasteiger partial charge on any atom is -0.354 e. The smallest absolute Gasteiger partial charge is 0.202 e. The fourth-order valence-corrected chi connectivity index (χ4v) is 1.50. The highest BCUT2D eigenvalue weighted by Gasteiger charge is 2.04. The zero-order valence-electron chi connectivity index (χ0n) is 10.9. The van der Waals surface area contributed by atoms with E-state index in [9.17, 15) is 0 Å². The van der Waals surface area contributed by atoms with Gasteiger partial charge in [0.1, 0.15) is 0 Å². The van der Waals surface area contributed by atoms with Crippen LogP contribution in [0.5, 0.6) is 0 Å². The second-order valence-electron chi connectivity index (χ2n) is 4.45. The van der Waals surface area contributed by atoms with Gasteiger partial charge in [-0.1, -0.05) is 6.92 Å². The maximum Gasteiger partial charge on any atom is 0.202 e. The van der Waals surface area contributed by atoms with Gasteiger partial charge >= 0.3 is 0 Å². The largest absolute Gasteiger partial charge is 0.354 e. The maximum absolute atomic E-state index is 4.31. The number of aromatic nitrogens is 2. The fourth-order valence-electron chi connectivity index (χ4n) is 1.50. The van der Waals surface area contributed by atoms with Gasteiger partial charge in [-0.3, -0.25) is 0 Å². The van der Waals surface area contributed by atoms with Gasteiger partial charge in [-0.2, -0.15) is 0 Å². The average Bonchev–Trinajstić information content (AvgIpc) is 2.66. The first-order chi connectivity index (χ1) is 7.65. The molecule has 0 aliphatic carbocycles. The molecule has 0 amide bonds. The van der Waals surface area contributed by atoms with E-state index >= 15 is 0 Å². The third-order valence-electron chi connectivity index (χ3n) is 2.81. The number of rotatable bonds is 7. The lowest BCUT2D eigenvalue weighted by atomic mass is 10.3. The molecule has 0 aromatic carbocycles. The highest BCUT2D eigenvalue weighted by molar-refractivity contribution is 5.25. The summed E-state index contributed by atoms with van der Waals surface area (Å²) in [6, 6.07) is 0.595. The molecule has 1 N–H and O–H groups in total. The van der Waals surface area contributed by atoms with Gasteiger partial charge in [-0.05, 0) is 27.3 Å². The Morgan fingerprint density at radius 2 is 2.25 bits per heavy atom. The van der Waals surface area contributed by atoms with E-state index in [4.69, 9.17) is 0 Å². The maximum atomic E-state index is 4.31. The van der Waals surface area contributed by atoms with Crippen LogP contribution in [0.15, 0.2) is 12.4 Å². The third kappa shape index (κ3) is 3.85. The molecule has 0 fully saturated rings. The van der Waals surface area contributed by atoms with E-state index in [1.165, 1.54) is 0 Å². The first-order valence-electron chi connectivity index (χ1n) is 6.10. The number of anilines is 1. The van der Waals surface area contributed by atoms with Crippen LogP contribution in [0, 0.1) is 0 Å². The molecular weight excluding hydrogens is 200 g/mol. The Labute approximate surface area is 98.7 Å². The molecule has 92 valence electrons. The SMILES string of the molecule is CCCn1ccnc1NCCN(C)C(C)C. The van der Waals surface area contributed by atoms with Gasteiger partial charge in [0.2, 0.25) is 5.95 Å². The van der Waals surface area contributed by atoms with Crippen LogP contribution >= 0.6 is 0 Å². The minimum atomic E-state index is 0.595. The zero-order chi connectivity index (χ0) is 12.0. The minimum absolute atomic E-state index is 0.595. The van der Waals surface area contributed by atoms with Crippen molar-refractivity contribution in [2.24, 2.45) is 0 Å². The standard InChI is InChI=1S/C12H24N4/c1-5-8-16-10-7-14-12(16)13-6-9-15(4)11(2)3/h7,10-11H,5-6,8-9H2,1-4H3,(H,13,14). The Bertz CT molecular complexity index is 293. The second-order valence-corrected chi connectivity index (χ2v) is 4.45. The van der Waals surface area contributed by atoms with Crippen LogP contribution in [0.4, 0.5) is 5.95 Å². The molecule has 0 radical (unpaired) electrons. The van der Waals surface area contributed by atoms with Crippen molar-refractivity contribution in [3.8, 4) is 0 Å². The Kier molecular flexibility index (Phi) is 5.32. The summed E-state index contributed by atoms with van der Waals surface area (Å²) in [5.74, 6) is 0.985. The highest BCUT2D eigenvalue weighted by atomic mass is 15.2. The average molecular weight is 224 g/mol. The van der Waals surface area contributed by atoms with E-state index in [-0.39, 0.29) is 0 Å². The van der Waals surface area contributed by atoms with Crippen LogP contribution in [0.3, 0.4) is 0 Å². The van der Waals surface area contributed by atoms with E-state index in [2.05, 4.69) is 47.6 Å². The number of hydrogen-bond acceptors (Lipinski definition) is 3. The van der Waals surface area contributed by atoms with Crippen molar-refractivity contribution in [3.05, 3.63) is 12.4 Å². The summed E-state index contributed by atoms with van der Waals surface area (Å²) in [5, 5.41) is 3.37. The first-order valence-corrected chi connectivity index (χ1v) is 6.10. The van der Waals surface area contributed by atoms with Crippen molar-refractivity contribution in [1.82, 2.24) is 14.5 Å². The normalized spacial score (nSPS) is 11.4. The molecule has 4 heteroatoms. The van der Waals surface area contributed by atoms with Crippen molar-refractivity contribution >= 4 is 5.95 Å². The van der Waals surface area contributed by atoms with E-state index in [0.717, 1.165) is 32.0 Å². The molecule has 0 aliphatic heterocycles. The molecule has 0 saturated carbocycles. The number of hydrogen-bond donors (Lipinski definition) is 1. The summed E-state index contributed by atoms with van der Waals surface area (Å²) in [6.07, 6.45) is 5.01. The number of nitrogens with zero attached hydrogens (tertiary/aromatic N) is 3. The molecule has 0 saturated heterocycles. The summed E-state index contributed by atoms with van der Waals surface area (Å²) in [6.45, 7) is 9.60. The van der Waals surface area contributed by atoms with Gasteiger partial charge in [0.15, 0.2) is 0 Å². The van der Waals surface area contributed by atoms with Gasteiger partial charge in [-0.15, -0.1) is 0 Å². The molecule has 0 spiro atoms. The van der Waals surface area contributed by atoms with Crippen LogP contribution < -0.4 is 5.32 Å². The Hall–Kier alpha value is -1.03. The number of imidazole rings is 1. The van der Waals surface area contributed by atoms with Crippen molar-refractivity contribution in [2.45, 2.75) is 39.8 Å². The first kappa shape index (κ1) is 13.0. The van der Waals surface area contributed by atoms with E-state index < -0.39 is 0 Å². The third-order valence-corrected chi connectivity index (χ3v) is 2.81. The van der Waals surface area contributed by atoms with Gasteiger partial charge in [0.05, 0.1) is 0 Å². The van der Waals surface area contributed by atoms with E-state index in [1.54, 1.807) is 0 Å². The van der Waals surface area contributed by atoms with Gasteiger partial charge in [0.25, 0.3) is 0 Å². The number of likely N-dealkylation sites (N-methyl/N-ethyl adjacent to an activating group) is 1. The summed E-state index contributed by atoms with van der Waals surface area (Å²) in [5.41, 5.74) is 0. The highest BCUT2D eigenvalue weighted by Crippen LogP contribution is 2.04. The monoisotopic (exact) mass is 224 g/mol. The predicted molar refractivity (Wildman–Crippen MR) is 68.8 cm³/mol. The van der Waals surface area contributed by atoms with Crippen molar-refractivity contribution < 1.29 is 0 Å². The van der Waals surface area contributed by atoms with E-state index in [1.807, 2.05) is 12.4 Å². The lowest BCUT2D eigenvalue weighted by molar-refractivity contribution is 0.284. The van der Waals surface area contributed by atoms with Crippen molar-refractivity contribution in [1.29, 1.82) is 0 Å². The topological polar surface area (TPSA) is 33.1 Å². The molecule has 0 aliphatic rings. The molecule has 16 heavy (non-hydrogen) atoms. The lowest BCUT2D eigenvalue weighted by Crippen LogP contribution is -2.31. The van der Waals surface area contributed by atoms with Gasteiger partial charge in [-0.25, -0.2) is 4.98 Å². The predicted octanol–water partition coefficient (Wildman–Crippen LogP) is 2.05. The lowest BCUT2D eigenvalue weighted by Gasteiger charge is -2.21. The summed E-state index contributed by atoms with van der Waals surface area (Å²) < 4.78 is 2.16. The number of nitrogens with one attached hydrogen (secondary N) is 1. The molecule has 0 bridgehead atoms. The van der Waals surface area contributed by atoms with Crippen LogP contribution in [0.1, 0.15) is 27.2 Å². The quantitative estimate of drug-likeness (QED) is 0.769. The van der Waals surface area contributed by atoms with Gasteiger partial charge in [0, 0.05) is 38.1 Å². The Balaban J connectivity index is 2.34. The Morgan fingerprint density at radius 1 is 1.50 bits per heavy atom.